The van der Waals surface area contributed by atoms with E-state index in [0.29, 0.717) is 0 Å². The van der Waals surface area contributed by atoms with E-state index in [1.807, 2.05) is 0 Å². The van der Waals surface area contributed by atoms with Crippen LogP contribution in [0.2, 0.25) is 0 Å². The third kappa shape index (κ3) is 2.73. The summed E-state index contributed by atoms with van der Waals surface area (Å²) in [5.74, 6) is 0.172. The molecule has 2 N–H and O–H groups in total. The summed E-state index contributed by atoms with van der Waals surface area (Å²) in [6, 6.07) is 22.2. The van der Waals surface area contributed by atoms with Gasteiger partial charge < -0.3 is 9.97 Å². The van der Waals surface area contributed by atoms with Crippen molar-refractivity contribution in [1.82, 2.24) is 9.97 Å². The lowest BCUT2D eigenvalue weighted by Gasteiger charge is -2.18. The minimum Gasteiger partial charge on any atom is -0.361 e. The number of benzene rings is 3. The second-order valence-corrected chi connectivity index (χ2v) is 7.93. The molecule has 0 aliphatic rings. The van der Waals surface area contributed by atoms with Crippen molar-refractivity contribution in [3.05, 3.63) is 106 Å². The summed E-state index contributed by atoms with van der Waals surface area (Å²) in [7, 11) is 0. The number of aromatic amines is 2. The van der Waals surface area contributed by atoms with Crippen LogP contribution in [0.1, 0.15) is 39.3 Å². The fraction of sp³-hybridized carbons (Fsp3) is 0.154. The first-order valence-electron chi connectivity index (χ1n) is 9.82. The highest BCUT2D eigenvalue weighted by molar-refractivity contribution is 5.89. The van der Waals surface area contributed by atoms with E-state index in [-0.39, 0.29) is 5.92 Å². The Balaban J connectivity index is 1.82. The Morgan fingerprint density at radius 3 is 1.68 bits per heavy atom. The standard InChI is InChI=1S/C26H24N2/c1-16-5-4-6-19(11-16)26(22-14-27-24-9-7-17(2)12-20(22)24)23-15-28-25-10-8-18(3)13-21(23)25/h4-15,26-28H,1-3H3. The first-order chi connectivity index (χ1) is 13.6. The normalized spacial score (nSPS) is 11.7. The Kier molecular flexibility index (Phi) is 3.87. The maximum atomic E-state index is 3.49. The summed E-state index contributed by atoms with van der Waals surface area (Å²) in [6.07, 6.45) is 4.37. The van der Waals surface area contributed by atoms with Crippen LogP contribution in [-0.2, 0) is 0 Å². The molecule has 2 heterocycles. The van der Waals surface area contributed by atoms with E-state index in [9.17, 15) is 0 Å². The Labute approximate surface area is 165 Å². The van der Waals surface area contributed by atoms with Gasteiger partial charge in [-0.2, -0.15) is 0 Å². The Morgan fingerprint density at radius 1 is 0.607 bits per heavy atom. The van der Waals surface area contributed by atoms with Crippen LogP contribution in [0, 0.1) is 20.8 Å². The zero-order valence-electron chi connectivity index (χ0n) is 16.5. The van der Waals surface area contributed by atoms with Crippen molar-refractivity contribution in [2.24, 2.45) is 0 Å². The van der Waals surface area contributed by atoms with Crippen LogP contribution in [0.5, 0.6) is 0 Å². The first-order valence-corrected chi connectivity index (χ1v) is 9.82. The van der Waals surface area contributed by atoms with Gasteiger partial charge in [0.2, 0.25) is 0 Å². The molecule has 28 heavy (non-hydrogen) atoms. The minimum absolute atomic E-state index is 0.172. The van der Waals surface area contributed by atoms with E-state index in [2.05, 4.69) is 104 Å². The third-order valence-corrected chi connectivity index (χ3v) is 5.74. The summed E-state index contributed by atoms with van der Waals surface area (Å²) >= 11 is 0. The maximum Gasteiger partial charge on any atom is 0.0457 e. The summed E-state index contributed by atoms with van der Waals surface area (Å²) in [6.45, 7) is 6.49. The molecule has 0 fully saturated rings. The molecule has 0 saturated carbocycles. The molecule has 5 rings (SSSR count). The van der Waals surface area contributed by atoms with Gasteiger partial charge in [0.1, 0.15) is 0 Å². The fourth-order valence-corrected chi connectivity index (χ4v) is 4.37. The summed E-state index contributed by atoms with van der Waals surface area (Å²) in [5, 5.41) is 2.60. The van der Waals surface area contributed by atoms with Crippen molar-refractivity contribution in [2.45, 2.75) is 26.7 Å². The molecule has 0 saturated heterocycles. The van der Waals surface area contributed by atoms with Crippen molar-refractivity contribution in [2.75, 3.05) is 0 Å². The topological polar surface area (TPSA) is 31.6 Å². The van der Waals surface area contributed by atoms with Crippen molar-refractivity contribution in [1.29, 1.82) is 0 Å². The van der Waals surface area contributed by atoms with Gasteiger partial charge in [0.05, 0.1) is 0 Å². The molecule has 0 aliphatic carbocycles. The number of rotatable bonds is 3. The zero-order chi connectivity index (χ0) is 19.3. The molecule has 3 aromatic carbocycles. The second-order valence-electron chi connectivity index (χ2n) is 7.93. The van der Waals surface area contributed by atoms with E-state index in [1.165, 1.54) is 55.2 Å². The maximum absolute atomic E-state index is 3.49. The van der Waals surface area contributed by atoms with E-state index < -0.39 is 0 Å². The number of nitrogens with one attached hydrogen (secondary N) is 2. The van der Waals surface area contributed by atoms with Crippen LogP contribution in [0.4, 0.5) is 0 Å². The molecule has 0 radical (unpaired) electrons. The quantitative estimate of drug-likeness (QED) is 0.355. The van der Waals surface area contributed by atoms with Crippen molar-refractivity contribution >= 4 is 21.8 Å². The lowest BCUT2D eigenvalue weighted by Crippen LogP contribution is -2.03. The number of hydrogen-bond donors (Lipinski definition) is 2. The molecular weight excluding hydrogens is 340 g/mol. The average molecular weight is 364 g/mol. The van der Waals surface area contributed by atoms with Gasteiger partial charge in [-0.25, -0.2) is 0 Å². The third-order valence-electron chi connectivity index (χ3n) is 5.74. The smallest absolute Gasteiger partial charge is 0.0457 e. The Morgan fingerprint density at radius 2 is 1.14 bits per heavy atom. The molecule has 2 aromatic heterocycles. The van der Waals surface area contributed by atoms with Gasteiger partial charge in [0.25, 0.3) is 0 Å². The lowest BCUT2D eigenvalue weighted by atomic mass is 9.84. The Hall–Kier alpha value is -3.26. The molecule has 0 aliphatic heterocycles. The summed E-state index contributed by atoms with van der Waals surface area (Å²) in [5.41, 5.74) is 10.2. The second kappa shape index (κ2) is 6.42. The van der Waals surface area contributed by atoms with Gasteiger partial charge in [-0.3, -0.25) is 0 Å². The number of aryl methyl sites for hydroxylation is 3. The van der Waals surface area contributed by atoms with Crippen LogP contribution in [0.15, 0.2) is 73.1 Å². The molecule has 0 spiro atoms. The van der Waals surface area contributed by atoms with Gasteiger partial charge in [-0.1, -0.05) is 53.1 Å². The van der Waals surface area contributed by atoms with Gasteiger partial charge in [-0.15, -0.1) is 0 Å². The highest BCUT2D eigenvalue weighted by Gasteiger charge is 2.23. The van der Waals surface area contributed by atoms with E-state index in [4.69, 9.17) is 0 Å². The number of hydrogen-bond acceptors (Lipinski definition) is 0. The van der Waals surface area contributed by atoms with E-state index >= 15 is 0 Å². The van der Waals surface area contributed by atoms with Gasteiger partial charge >= 0.3 is 0 Å². The predicted molar refractivity (Wildman–Crippen MR) is 118 cm³/mol. The monoisotopic (exact) mass is 364 g/mol. The van der Waals surface area contributed by atoms with Crippen molar-refractivity contribution in [3.8, 4) is 0 Å². The van der Waals surface area contributed by atoms with Crippen LogP contribution in [0.3, 0.4) is 0 Å². The van der Waals surface area contributed by atoms with Crippen LogP contribution in [-0.4, -0.2) is 9.97 Å². The molecule has 0 atom stereocenters. The lowest BCUT2D eigenvalue weighted by molar-refractivity contribution is 0.994. The summed E-state index contributed by atoms with van der Waals surface area (Å²) in [4.78, 5) is 6.98. The van der Waals surface area contributed by atoms with Crippen LogP contribution < -0.4 is 0 Å². The molecule has 2 heteroatoms. The molecule has 5 aromatic rings. The highest BCUT2D eigenvalue weighted by Crippen LogP contribution is 2.40. The largest absolute Gasteiger partial charge is 0.361 e. The summed E-state index contributed by atoms with van der Waals surface area (Å²) < 4.78 is 0. The fourth-order valence-electron chi connectivity index (χ4n) is 4.37. The van der Waals surface area contributed by atoms with Crippen molar-refractivity contribution < 1.29 is 0 Å². The number of H-pyrrole nitrogens is 2. The van der Waals surface area contributed by atoms with Gasteiger partial charge in [0.15, 0.2) is 0 Å². The minimum atomic E-state index is 0.172. The molecular formula is C26H24N2. The average Bonchev–Trinajstić information content (AvgIpc) is 3.27. The predicted octanol–water partition coefficient (Wildman–Crippen LogP) is 6.75. The highest BCUT2D eigenvalue weighted by atomic mass is 14.7. The van der Waals surface area contributed by atoms with Crippen LogP contribution >= 0.6 is 0 Å². The first kappa shape index (κ1) is 16.9. The SMILES string of the molecule is Cc1cccc(C(c2c[nH]c3ccc(C)cc23)c2c[nH]c3ccc(C)cc23)c1. The molecule has 0 unspecified atom stereocenters. The number of aromatic nitrogens is 2. The van der Waals surface area contributed by atoms with Gasteiger partial charge in [-0.05, 0) is 61.7 Å². The van der Waals surface area contributed by atoms with Crippen LogP contribution in [0.25, 0.3) is 21.8 Å². The number of fused-ring (bicyclic) bond motifs is 2. The molecule has 0 amide bonds. The van der Waals surface area contributed by atoms with Gasteiger partial charge in [0, 0.05) is 40.1 Å². The molecule has 138 valence electrons. The molecule has 2 nitrogen and oxygen atoms in total. The molecule has 0 bridgehead atoms. The Bertz CT molecular complexity index is 1220. The van der Waals surface area contributed by atoms with Crippen molar-refractivity contribution in [3.63, 3.8) is 0 Å². The van der Waals surface area contributed by atoms with E-state index in [1.54, 1.807) is 0 Å². The van der Waals surface area contributed by atoms with E-state index in [0.717, 1.165) is 0 Å². The zero-order valence-corrected chi connectivity index (χ0v) is 16.5.